The van der Waals surface area contributed by atoms with E-state index in [1.807, 2.05) is 0 Å². The molecule has 2 aromatic rings. The van der Waals surface area contributed by atoms with Crippen molar-refractivity contribution < 1.29 is 25.8 Å². The lowest BCUT2D eigenvalue weighted by Gasteiger charge is -2.13. The van der Waals surface area contributed by atoms with Gasteiger partial charge in [-0.15, -0.1) is 0 Å². The first-order valence-electron chi connectivity index (χ1n) is 6.31. The van der Waals surface area contributed by atoms with Crippen LogP contribution in [-0.2, 0) is 22.0 Å². The lowest BCUT2D eigenvalue weighted by Crippen LogP contribution is -2.15. The van der Waals surface area contributed by atoms with Gasteiger partial charge >= 0.3 is 16.3 Å². The number of hydrogen-bond donors (Lipinski definition) is 0. The summed E-state index contributed by atoms with van der Waals surface area (Å²) in [7, 11) is -4.19. The van der Waals surface area contributed by atoms with Crippen molar-refractivity contribution in [1.82, 2.24) is 0 Å². The van der Waals surface area contributed by atoms with E-state index in [0.29, 0.717) is 5.56 Å². The normalized spacial score (nSPS) is 12.2. The molecule has 0 radical (unpaired) electrons. The van der Waals surface area contributed by atoms with Gasteiger partial charge in [0.05, 0.1) is 5.56 Å². The van der Waals surface area contributed by atoms with Crippen molar-refractivity contribution >= 4 is 10.1 Å². The van der Waals surface area contributed by atoms with Crippen molar-refractivity contribution in [3.05, 3.63) is 65.2 Å². The highest BCUT2D eigenvalue weighted by atomic mass is 32.2. The summed E-state index contributed by atoms with van der Waals surface area (Å²) < 4.78 is 67.1. The van der Waals surface area contributed by atoms with Crippen LogP contribution in [0.1, 0.15) is 16.7 Å². The molecule has 7 heteroatoms. The molecule has 0 saturated carbocycles. The number of alkyl halides is 3. The van der Waals surface area contributed by atoms with Crippen LogP contribution in [0.5, 0.6) is 5.75 Å². The van der Waals surface area contributed by atoms with E-state index in [-0.39, 0.29) is 0 Å². The summed E-state index contributed by atoms with van der Waals surface area (Å²) in [6, 6.07) is 10.9. The Labute approximate surface area is 126 Å². The van der Waals surface area contributed by atoms with Crippen LogP contribution >= 0.6 is 0 Å². The molecule has 0 fully saturated rings. The molecule has 0 heterocycles. The highest BCUT2D eigenvalue weighted by Gasteiger charge is 2.35. The fourth-order valence-electron chi connectivity index (χ4n) is 1.95. The zero-order chi connectivity index (χ0) is 16.4. The summed E-state index contributed by atoms with van der Waals surface area (Å²) in [6.45, 7) is 1.79. The fraction of sp³-hybridized carbons (Fsp3) is 0.200. The second kappa shape index (κ2) is 6.00. The van der Waals surface area contributed by atoms with Crippen molar-refractivity contribution in [2.45, 2.75) is 18.9 Å². The van der Waals surface area contributed by atoms with Gasteiger partial charge in [0.15, 0.2) is 5.75 Å². The van der Waals surface area contributed by atoms with Gasteiger partial charge in [0.25, 0.3) is 0 Å². The average molecular weight is 330 g/mol. The first-order chi connectivity index (χ1) is 10.2. The van der Waals surface area contributed by atoms with Crippen molar-refractivity contribution in [3.63, 3.8) is 0 Å². The molecule has 0 atom stereocenters. The van der Waals surface area contributed by atoms with E-state index in [9.17, 15) is 21.6 Å². The minimum atomic E-state index is -4.69. The Bertz CT molecular complexity index is 768. The number of benzene rings is 2. The van der Waals surface area contributed by atoms with Crippen LogP contribution in [0, 0.1) is 6.92 Å². The monoisotopic (exact) mass is 330 g/mol. The van der Waals surface area contributed by atoms with Gasteiger partial charge in [-0.25, -0.2) is 0 Å². The molecule has 3 nitrogen and oxygen atoms in total. The average Bonchev–Trinajstić information content (AvgIpc) is 2.36. The predicted octanol–water partition coefficient (Wildman–Crippen LogP) is 3.92. The Hall–Kier alpha value is -2.02. The Balaban J connectivity index is 2.27. The van der Waals surface area contributed by atoms with E-state index < -0.39 is 33.4 Å². The van der Waals surface area contributed by atoms with Gasteiger partial charge in [0, 0.05) is 0 Å². The Morgan fingerprint density at radius 2 is 1.73 bits per heavy atom. The van der Waals surface area contributed by atoms with E-state index in [2.05, 4.69) is 4.18 Å². The molecule has 0 aliphatic carbocycles. The molecule has 0 aliphatic rings. The van der Waals surface area contributed by atoms with E-state index in [1.54, 1.807) is 31.2 Å². The minimum absolute atomic E-state index is 0.449. The maximum absolute atomic E-state index is 12.8. The Morgan fingerprint density at radius 3 is 2.36 bits per heavy atom. The predicted molar refractivity (Wildman–Crippen MR) is 75.9 cm³/mol. The van der Waals surface area contributed by atoms with Crippen LogP contribution in [0.4, 0.5) is 13.2 Å². The highest BCUT2D eigenvalue weighted by molar-refractivity contribution is 7.86. The smallest absolute Gasteiger partial charge is 0.382 e. The molecule has 0 bridgehead atoms. The summed E-state index contributed by atoms with van der Waals surface area (Å²) >= 11 is 0. The highest BCUT2D eigenvalue weighted by Crippen LogP contribution is 2.36. The molecule has 2 rings (SSSR count). The number of halogens is 3. The van der Waals surface area contributed by atoms with Gasteiger partial charge < -0.3 is 4.18 Å². The maximum atomic E-state index is 12.8. The molecule has 22 heavy (non-hydrogen) atoms. The SMILES string of the molecule is Cc1cccc(CS(=O)(=O)Oc2ccccc2C(F)(F)F)c1. The Kier molecular flexibility index (Phi) is 4.46. The van der Waals surface area contributed by atoms with Crippen molar-refractivity contribution in [2.24, 2.45) is 0 Å². The number of rotatable bonds is 4. The molecule has 0 spiro atoms. The van der Waals surface area contributed by atoms with Gasteiger partial charge in [-0.1, -0.05) is 42.0 Å². The van der Waals surface area contributed by atoms with Crippen LogP contribution in [0.25, 0.3) is 0 Å². The number of hydrogen-bond acceptors (Lipinski definition) is 3. The standard InChI is InChI=1S/C15H13F3O3S/c1-11-5-4-6-12(9-11)10-22(19,20)21-14-8-3-2-7-13(14)15(16,17)18/h2-9H,10H2,1H3. The van der Waals surface area contributed by atoms with E-state index in [1.165, 1.54) is 12.1 Å². The van der Waals surface area contributed by atoms with Crippen LogP contribution in [0.15, 0.2) is 48.5 Å². The van der Waals surface area contributed by atoms with Crippen LogP contribution < -0.4 is 4.18 Å². The minimum Gasteiger partial charge on any atom is -0.382 e. The molecule has 118 valence electrons. The molecular weight excluding hydrogens is 317 g/mol. The first-order valence-corrected chi connectivity index (χ1v) is 7.89. The van der Waals surface area contributed by atoms with Crippen LogP contribution in [0.2, 0.25) is 0 Å². The second-order valence-corrected chi connectivity index (χ2v) is 6.34. The zero-order valence-corrected chi connectivity index (χ0v) is 12.4. The summed E-state index contributed by atoms with van der Waals surface area (Å²) in [5, 5.41) is 0. The second-order valence-electron chi connectivity index (χ2n) is 4.77. The third kappa shape index (κ3) is 4.24. The third-order valence-electron chi connectivity index (χ3n) is 2.84. The lowest BCUT2D eigenvalue weighted by atomic mass is 10.2. The largest absolute Gasteiger partial charge is 0.420 e. The fourth-order valence-corrected chi connectivity index (χ4v) is 3.01. The van der Waals surface area contributed by atoms with Crippen LogP contribution in [-0.4, -0.2) is 8.42 Å². The maximum Gasteiger partial charge on any atom is 0.420 e. The zero-order valence-electron chi connectivity index (χ0n) is 11.6. The summed E-state index contributed by atoms with van der Waals surface area (Å²) in [5.41, 5.74) is 0.177. The third-order valence-corrected chi connectivity index (χ3v) is 3.96. The molecule has 2 aromatic carbocycles. The van der Waals surface area contributed by atoms with E-state index >= 15 is 0 Å². The topological polar surface area (TPSA) is 43.4 Å². The molecule has 0 N–H and O–H groups in total. The molecule has 0 saturated heterocycles. The van der Waals surface area contributed by atoms with Gasteiger partial charge in [0.2, 0.25) is 0 Å². The van der Waals surface area contributed by atoms with Gasteiger partial charge in [-0.05, 0) is 24.6 Å². The number of aryl methyl sites for hydroxylation is 1. The molecule has 0 aromatic heterocycles. The summed E-state index contributed by atoms with van der Waals surface area (Å²) in [6.07, 6.45) is -4.69. The summed E-state index contributed by atoms with van der Waals surface area (Å²) in [4.78, 5) is 0. The quantitative estimate of drug-likeness (QED) is 0.798. The number of para-hydroxylation sites is 1. The van der Waals surface area contributed by atoms with Gasteiger partial charge in [-0.2, -0.15) is 21.6 Å². The van der Waals surface area contributed by atoms with Gasteiger partial charge in [-0.3, -0.25) is 0 Å². The molecule has 0 amide bonds. The lowest BCUT2D eigenvalue weighted by molar-refractivity contribution is -0.138. The molecule has 0 aliphatic heterocycles. The Morgan fingerprint density at radius 1 is 1.05 bits per heavy atom. The summed E-state index contributed by atoms with van der Waals surface area (Å²) in [5.74, 6) is -1.22. The van der Waals surface area contributed by atoms with Crippen molar-refractivity contribution in [2.75, 3.05) is 0 Å². The van der Waals surface area contributed by atoms with Gasteiger partial charge in [0.1, 0.15) is 5.75 Å². The van der Waals surface area contributed by atoms with E-state index in [4.69, 9.17) is 0 Å². The first kappa shape index (κ1) is 16.4. The molecular formula is C15H13F3O3S. The van der Waals surface area contributed by atoms with Crippen molar-refractivity contribution in [1.29, 1.82) is 0 Å². The molecule has 0 unspecified atom stereocenters. The van der Waals surface area contributed by atoms with Crippen molar-refractivity contribution in [3.8, 4) is 5.75 Å². The van der Waals surface area contributed by atoms with Crippen LogP contribution in [0.3, 0.4) is 0 Å². The van der Waals surface area contributed by atoms with E-state index in [0.717, 1.165) is 17.7 Å².